The van der Waals surface area contributed by atoms with E-state index in [4.69, 9.17) is 5.73 Å². The summed E-state index contributed by atoms with van der Waals surface area (Å²) in [6, 6.07) is 0.480. The van der Waals surface area contributed by atoms with Crippen molar-refractivity contribution in [3.05, 3.63) is 11.9 Å². The van der Waals surface area contributed by atoms with Gasteiger partial charge < -0.3 is 5.73 Å². The second kappa shape index (κ2) is 3.05. The number of anilines is 1. The SMILES string of the molecule is CCC(C)n1ncc(N)c1C1CC1. The molecule has 0 aliphatic heterocycles. The Hall–Kier alpha value is -0.990. The molecule has 0 bridgehead atoms. The Morgan fingerprint density at radius 2 is 2.38 bits per heavy atom. The Morgan fingerprint density at radius 1 is 1.69 bits per heavy atom. The largest absolute Gasteiger partial charge is 0.396 e. The highest BCUT2D eigenvalue weighted by molar-refractivity contribution is 5.45. The molecule has 1 unspecified atom stereocenters. The van der Waals surface area contributed by atoms with E-state index >= 15 is 0 Å². The van der Waals surface area contributed by atoms with Crippen LogP contribution in [0.1, 0.15) is 50.8 Å². The third kappa shape index (κ3) is 1.43. The molecule has 1 aliphatic rings. The zero-order chi connectivity index (χ0) is 9.42. The Kier molecular flexibility index (Phi) is 2.02. The number of hydrogen-bond donors (Lipinski definition) is 1. The number of nitrogens with two attached hydrogens (primary N) is 1. The summed E-state index contributed by atoms with van der Waals surface area (Å²) in [7, 11) is 0. The lowest BCUT2D eigenvalue weighted by molar-refractivity contribution is 0.461. The highest BCUT2D eigenvalue weighted by Gasteiger charge is 2.30. The highest BCUT2D eigenvalue weighted by atomic mass is 15.3. The molecule has 1 aliphatic carbocycles. The second-order valence-electron chi connectivity index (χ2n) is 3.96. The first-order valence-electron chi connectivity index (χ1n) is 5.07. The fourth-order valence-corrected chi connectivity index (χ4v) is 1.69. The monoisotopic (exact) mass is 179 g/mol. The minimum absolute atomic E-state index is 0.480. The molecule has 1 aromatic heterocycles. The minimum atomic E-state index is 0.480. The first-order chi connectivity index (χ1) is 6.24. The summed E-state index contributed by atoms with van der Waals surface area (Å²) >= 11 is 0. The van der Waals surface area contributed by atoms with E-state index < -0.39 is 0 Å². The summed E-state index contributed by atoms with van der Waals surface area (Å²) in [6.07, 6.45) is 5.47. The Morgan fingerprint density at radius 3 is 2.92 bits per heavy atom. The number of hydrogen-bond acceptors (Lipinski definition) is 2. The van der Waals surface area contributed by atoms with Crippen molar-refractivity contribution in [3.8, 4) is 0 Å². The topological polar surface area (TPSA) is 43.8 Å². The van der Waals surface area contributed by atoms with Gasteiger partial charge in [0.05, 0.1) is 17.6 Å². The van der Waals surface area contributed by atoms with Gasteiger partial charge in [-0.25, -0.2) is 0 Å². The number of aromatic nitrogens is 2. The summed E-state index contributed by atoms with van der Waals surface area (Å²) in [5.74, 6) is 0.691. The van der Waals surface area contributed by atoms with Gasteiger partial charge in [0.15, 0.2) is 0 Å². The molecule has 72 valence electrons. The van der Waals surface area contributed by atoms with E-state index in [1.807, 2.05) is 0 Å². The molecular weight excluding hydrogens is 162 g/mol. The van der Waals surface area contributed by atoms with Crippen LogP contribution in [0, 0.1) is 0 Å². The number of nitrogen functional groups attached to an aromatic ring is 1. The van der Waals surface area contributed by atoms with Crippen LogP contribution >= 0.6 is 0 Å². The average molecular weight is 179 g/mol. The Bertz CT molecular complexity index is 299. The predicted octanol–water partition coefficient (Wildman–Crippen LogP) is 2.31. The predicted molar refractivity (Wildman–Crippen MR) is 53.6 cm³/mol. The van der Waals surface area contributed by atoms with Gasteiger partial charge >= 0.3 is 0 Å². The third-order valence-corrected chi connectivity index (χ3v) is 2.84. The fraction of sp³-hybridized carbons (Fsp3) is 0.700. The lowest BCUT2D eigenvalue weighted by Crippen LogP contribution is -2.09. The third-order valence-electron chi connectivity index (χ3n) is 2.84. The molecule has 1 aromatic rings. The molecular formula is C10H17N3. The highest BCUT2D eigenvalue weighted by Crippen LogP contribution is 2.43. The molecule has 3 heteroatoms. The standard InChI is InChI=1S/C10H17N3/c1-3-7(2)13-10(8-4-5-8)9(11)6-12-13/h6-8H,3-5,11H2,1-2H3. The van der Waals surface area contributed by atoms with Crippen molar-refractivity contribution in [2.24, 2.45) is 0 Å². The van der Waals surface area contributed by atoms with Gasteiger partial charge in [0, 0.05) is 12.0 Å². The van der Waals surface area contributed by atoms with E-state index in [0.717, 1.165) is 12.1 Å². The molecule has 1 heterocycles. The first kappa shape index (κ1) is 8.60. The van der Waals surface area contributed by atoms with E-state index in [2.05, 4.69) is 23.6 Å². The van der Waals surface area contributed by atoms with Crippen molar-refractivity contribution in [2.75, 3.05) is 5.73 Å². The van der Waals surface area contributed by atoms with Gasteiger partial charge in [-0.1, -0.05) is 6.92 Å². The molecule has 1 atom stereocenters. The van der Waals surface area contributed by atoms with Crippen LogP contribution in [-0.4, -0.2) is 9.78 Å². The number of nitrogens with zero attached hydrogens (tertiary/aromatic N) is 2. The maximum absolute atomic E-state index is 5.89. The van der Waals surface area contributed by atoms with Gasteiger partial charge in [0.1, 0.15) is 0 Å². The van der Waals surface area contributed by atoms with Gasteiger partial charge in [-0.3, -0.25) is 4.68 Å². The second-order valence-corrected chi connectivity index (χ2v) is 3.96. The van der Waals surface area contributed by atoms with E-state index in [-0.39, 0.29) is 0 Å². The van der Waals surface area contributed by atoms with Crippen LogP contribution in [0.15, 0.2) is 6.20 Å². The molecule has 13 heavy (non-hydrogen) atoms. The molecule has 0 saturated heterocycles. The van der Waals surface area contributed by atoms with Crippen molar-refractivity contribution in [2.45, 2.75) is 45.1 Å². The summed E-state index contributed by atoms with van der Waals surface area (Å²) in [5, 5.41) is 4.34. The molecule has 2 N–H and O–H groups in total. The minimum Gasteiger partial charge on any atom is -0.396 e. The van der Waals surface area contributed by atoms with Crippen molar-refractivity contribution >= 4 is 5.69 Å². The van der Waals surface area contributed by atoms with Crippen molar-refractivity contribution in [3.63, 3.8) is 0 Å². The molecule has 1 fully saturated rings. The van der Waals surface area contributed by atoms with Crippen LogP contribution in [0.3, 0.4) is 0 Å². The molecule has 0 spiro atoms. The molecule has 1 saturated carbocycles. The quantitative estimate of drug-likeness (QED) is 0.773. The van der Waals surface area contributed by atoms with E-state index in [0.29, 0.717) is 12.0 Å². The van der Waals surface area contributed by atoms with Crippen LogP contribution < -0.4 is 5.73 Å². The van der Waals surface area contributed by atoms with E-state index in [1.165, 1.54) is 18.5 Å². The maximum atomic E-state index is 5.89. The summed E-state index contributed by atoms with van der Waals surface area (Å²) in [4.78, 5) is 0. The van der Waals surface area contributed by atoms with E-state index in [9.17, 15) is 0 Å². The van der Waals surface area contributed by atoms with Gasteiger partial charge in [0.25, 0.3) is 0 Å². The molecule has 0 amide bonds. The van der Waals surface area contributed by atoms with Crippen molar-refractivity contribution in [1.29, 1.82) is 0 Å². The van der Waals surface area contributed by atoms with Gasteiger partial charge in [-0.2, -0.15) is 5.10 Å². The van der Waals surface area contributed by atoms with Crippen molar-refractivity contribution in [1.82, 2.24) is 9.78 Å². The molecule has 0 radical (unpaired) electrons. The Labute approximate surface area is 78.9 Å². The van der Waals surface area contributed by atoms with Crippen LogP contribution in [0.5, 0.6) is 0 Å². The van der Waals surface area contributed by atoms with Gasteiger partial charge in [0.2, 0.25) is 0 Å². The normalized spacial score (nSPS) is 18.9. The van der Waals surface area contributed by atoms with Crippen molar-refractivity contribution < 1.29 is 0 Å². The fourth-order valence-electron chi connectivity index (χ4n) is 1.69. The molecule has 2 rings (SSSR count). The zero-order valence-electron chi connectivity index (χ0n) is 8.33. The Balaban J connectivity index is 2.33. The summed E-state index contributed by atoms with van der Waals surface area (Å²) in [5.41, 5.74) is 8.04. The smallest absolute Gasteiger partial charge is 0.0736 e. The molecule has 3 nitrogen and oxygen atoms in total. The maximum Gasteiger partial charge on any atom is 0.0736 e. The lowest BCUT2D eigenvalue weighted by atomic mass is 10.2. The van der Waals surface area contributed by atoms with Crippen LogP contribution in [0.25, 0.3) is 0 Å². The van der Waals surface area contributed by atoms with E-state index in [1.54, 1.807) is 6.20 Å². The summed E-state index contributed by atoms with van der Waals surface area (Å²) < 4.78 is 2.10. The van der Waals surface area contributed by atoms with Gasteiger partial charge in [-0.15, -0.1) is 0 Å². The van der Waals surface area contributed by atoms with Crippen LogP contribution in [0.4, 0.5) is 5.69 Å². The average Bonchev–Trinajstić information content (AvgIpc) is 2.89. The zero-order valence-corrected chi connectivity index (χ0v) is 8.33. The number of rotatable bonds is 3. The molecule has 0 aromatic carbocycles. The van der Waals surface area contributed by atoms with Gasteiger partial charge in [-0.05, 0) is 26.2 Å². The lowest BCUT2D eigenvalue weighted by Gasteiger charge is -2.13. The van der Waals surface area contributed by atoms with Crippen LogP contribution in [-0.2, 0) is 0 Å². The summed E-state index contributed by atoms with van der Waals surface area (Å²) in [6.45, 7) is 4.37. The first-order valence-corrected chi connectivity index (χ1v) is 5.07. The van der Waals surface area contributed by atoms with Crippen LogP contribution in [0.2, 0.25) is 0 Å².